The monoisotopic (exact) mass is 303 g/mol. The van der Waals surface area contributed by atoms with Gasteiger partial charge in [0.05, 0.1) is 19.8 Å². The molecule has 0 aliphatic carbocycles. The summed E-state index contributed by atoms with van der Waals surface area (Å²) in [6.45, 7) is 4.34. The largest absolute Gasteiger partial charge is 0.466 e. The molecule has 0 aliphatic rings. The van der Waals surface area contributed by atoms with Gasteiger partial charge in [-0.3, -0.25) is 0 Å². The van der Waals surface area contributed by atoms with Crippen molar-refractivity contribution in [3.8, 4) is 0 Å². The Labute approximate surface area is 130 Å². The van der Waals surface area contributed by atoms with Gasteiger partial charge in [0.2, 0.25) is 0 Å². The Kier molecular flexibility index (Phi) is 6.89. The highest BCUT2D eigenvalue weighted by atomic mass is 16.5. The molecule has 5 heteroatoms. The normalized spacial score (nSPS) is 11.8. The van der Waals surface area contributed by atoms with Crippen LogP contribution in [0, 0.1) is 6.92 Å². The molecule has 1 N–H and O–H groups in total. The van der Waals surface area contributed by atoms with E-state index in [0.29, 0.717) is 12.2 Å². The lowest BCUT2D eigenvalue weighted by molar-refractivity contribution is -0.135. The Hall–Kier alpha value is -2.56. The van der Waals surface area contributed by atoms with E-state index >= 15 is 0 Å². The lowest BCUT2D eigenvalue weighted by Crippen LogP contribution is -2.16. The molecule has 0 bridgehead atoms. The zero-order valence-electron chi connectivity index (χ0n) is 13.3. The first-order valence-electron chi connectivity index (χ1n) is 6.82. The van der Waals surface area contributed by atoms with Crippen LogP contribution < -0.4 is 5.32 Å². The first-order chi connectivity index (χ1) is 10.5. The Bertz CT molecular complexity index is 585. The molecule has 1 rings (SSSR count). The van der Waals surface area contributed by atoms with Crippen LogP contribution in [0.25, 0.3) is 0 Å². The zero-order valence-corrected chi connectivity index (χ0v) is 13.3. The quantitative estimate of drug-likeness (QED) is 0.496. The van der Waals surface area contributed by atoms with Gasteiger partial charge in [0.1, 0.15) is 0 Å². The molecule has 0 spiro atoms. The van der Waals surface area contributed by atoms with E-state index in [1.165, 1.54) is 31.9 Å². The fourth-order valence-corrected chi connectivity index (χ4v) is 1.71. The van der Waals surface area contributed by atoms with Crippen molar-refractivity contribution in [2.24, 2.45) is 0 Å². The number of benzene rings is 1. The summed E-state index contributed by atoms with van der Waals surface area (Å²) in [5, 5.41) is 3.15. The molecule has 0 aromatic heterocycles. The van der Waals surface area contributed by atoms with Gasteiger partial charge < -0.3 is 14.8 Å². The van der Waals surface area contributed by atoms with E-state index in [4.69, 9.17) is 4.74 Å². The van der Waals surface area contributed by atoms with E-state index in [9.17, 15) is 9.59 Å². The number of carbonyl (C=O) groups excluding carboxylic acids is 2. The topological polar surface area (TPSA) is 64.6 Å². The van der Waals surface area contributed by atoms with Gasteiger partial charge in [0.15, 0.2) is 0 Å². The summed E-state index contributed by atoms with van der Waals surface area (Å²) < 4.78 is 9.24. The molecule has 1 aromatic rings. The summed E-state index contributed by atoms with van der Waals surface area (Å²) in [6.07, 6.45) is 2.57. The van der Waals surface area contributed by atoms with Crippen LogP contribution in [-0.4, -0.2) is 26.2 Å². The summed E-state index contributed by atoms with van der Waals surface area (Å²) in [7, 11) is 2.57. The number of ether oxygens (including phenoxy) is 2. The predicted octanol–water partition coefficient (Wildman–Crippen LogP) is 2.26. The number of hydrogen-bond acceptors (Lipinski definition) is 5. The highest BCUT2D eigenvalue weighted by Crippen LogP contribution is 2.09. The molecule has 0 unspecified atom stereocenters. The van der Waals surface area contributed by atoms with Crippen LogP contribution in [0.2, 0.25) is 0 Å². The number of allylic oxidation sites excluding steroid dienone is 1. The SMILES string of the molecule is COC(=O)/C=C/C(C(=O)OC)=C(/C)NCc1ccc(C)cc1. The van der Waals surface area contributed by atoms with Crippen molar-refractivity contribution in [3.63, 3.8) is 0 Å². The Morgan fingerprint density at radius 2 is 1.73 bits per heavy atom. The van der Waals surface area contributed by atoms with Crippen LogP contribution in [0.3, 0.4) is 0 Å². The van der Waals surface area contributed by atoms with Gasteiger partial charge in [-0.2, -0.15) is 0 Å². The average Bonchev–Trinajstić information content (AvgIpc) is 2.53. The van der Waals surface area contributed by atoms with Gasteiger partial charge in [-0.05, 0) is 25.5 Å². The van der Waals surface area contributed by atoms with E-state index in [0.717, 1.165) is 5.56 Å². The highest BCUT2D eigenvalue weighted by Gasteiger charge is 2.11. The summed E-state index contributed by atoms with van der Waals surface area (Å²) in [6, 6.07) is 8.07. The number of hydrogen-bond donors (Lipinski definition) is 1. The van der Waals surface area contributed by atoms with Crippen LogP contribution in [0.5, 0.6) is 0 Å². The van der Waals surface area contributed by atoms with Crippen LogP contribution in [-0.2, 0) is 25.6 Å². The lowest BCUT2D eigenvalue weighted by Gasteiger charge is -2.10. The second-order valence-electron chi connectivity index (χ2n) is 4.73. The lowest BCUT2D eigenvalue weighted by atomic mass is 10.1. The number of aryl methyl sites for hydroxylation is 1. The minimum absolute atomic E-state index is 0.278. The van der Waals surface area contributed by atoms with E-state index in [2.05, 4.69) is 10.1 Å². The van der Waals surface area contributed by atoms with Gasteiger partial charge in [-0.15, -0.1) is 0 Å². The summed E-state index contributed by atoms with van der Waals surface area (Å²) in [5.74, 6) is -1.05. The fraction of sp³-hybridized carbons (Fsp3) is 0.294. The minimum Gasteiger partial charge on any atom is -0.466 e. The molecular formula is C17H21NO4. The number of esters is 2. The third-order valence-electron chi connectivity index (χ3n) is 3.07. The summed E-state index contributed by atoms with van der Waals surface area (Å²) in [5.41, 5.74) is 3.17. The van der Waals surface area contributed by atoms with Gasteiger partial charge in [0.25, 0.3) is 0 Å². The fourth-order valence-electron chi connectivity index (χ4n) is 1.71. The summed E-state index contributed by atoms with van der Waals surface area (Å²) in [4.78, 5) is 22.9. The van der Waals surface area contributed by atoms with Gasteiger partial charge in [0, 0.05) is 18.3 Å². The average molecular weight is 303 g/mol. The van der Waals surface area contributed by atoms with Crippen molar-refractivity contribution >= 4 is 11.9 Å². The molecule has 0 heterocycles. The molecule has 0 aliphatic heterocycles. The molecule has 5 nitrogen and oxygen atoms in total. The molecule has 1 aromatic carbocycles. The van der Waals surface area contributed by atoms with Crippen LogP contribution in [0.15, 0.2) is 47.7 Å². The maximum atomic E-state index is 11.8. The van der Waals surface area contributed by atoms with Gasteiger partial charge in [-0.1, -0.05) is 29.8 Å². The van der Waals surface area contributed by atoms with Crippen molar-refractivity contribution in [1.82, 2.24) is 5.32 Å². The van der Waals surface area contributed by atoms with Crippen LogP contribution in [0.1, 0.15) is 18.1 Å². The van der Waals surface area contributed by atoms with Crippen molar-refractivity contribution in [3.05, 3.63) is 58.8 Å². The van der Waals surface area contributed by atoms with Crippen molar-refractivity contribution < 1.29 is 19.1 Å². The van der Waals surface area contributed by atoms with Crippen LogP contribution >= 0.6 is 0 Å². The summed E-state index contributed by atoms with van der Waals surface area (Å²) >= 11 is 0. The van der Waals surface area contributed by atoms with Crippen LogP contribution in [0.4, 0.5) is 0 Å². The standard InChI is InChI=1S/C17H21NO4/c1-12-5-7-14(8-6-12)11-18-13(2)15(17(20)22-4)9-10-16(19)21-3/h5-10,18H,11H2,1-4H3/b10-9+,15-13+. The molecule has 0 fully saturated rings. The van der Waals surface area contributed by atoms with Crippen molar-refractivity contribution in [1.29, 1.82) is 0 Å². The second-order valence-corrected chi connectivity index (χ2v) is 4.73. The van der Waals surface area contributed by atoms with E-state index in [-0.39, 0.29) is 5.57 Å². The third-order valence-corrected chi connectivity index (χ3v) is 3.07. The second kappa shape index (κ2) is 8.67. The first kappa shape index (κ1) is 17.5. The van der Waals surface area contributed by atoms with Crippen molar-refractivity contribution in [2.45, 2.75) is 20.4 Å². The molecule has 0 saturated carbocycles. The first-order valence-corrected chi connectivity index (χ1v) is 6.82. The number of nitrogens with one attached hydrogen (secondary N) is 1. The molecule has 0 atom stereocenters. The third kappa shape index (κ3) is 5.44. The number of rotatable bonds is 6. The molecular weight excluding hydrogens is 282 g/mol. The van der Waals surface area contributed by atoms with E-state index in [1.54, 1.807) is 6.92 Å². The number of carbonyl (C=O) groups is 2. The van der Waals surface area contributed by atoms with E-state index in [1.807, 2.05) is 31.2 Å². The van der Waals surface area contributed by atoms with E-state index < -0.39 is 11.9 Å². The van der Waals surface area contributed by atoms with Gasteiger partial charge >= 0.3 is 11.9 Å². The Morgan fingerprint density at radius 3 is 2.27 bits per heavy atom. The zero-order chi connectivity index (χ0) is 16.5. The maximum Gasteiger partial charge on any atom is 0.339 e. The molecule has 118 valence electrons. The Balaban J connectivity index is 2.86. The number of methoxy groups -OCH3 is 2. The molecule has 0 radical (unpaired) electrons. The Morgan fingerprint density at radius 1 is 1.09 bits per heavy atom. The smallest absolute Gasteiger partial charge is 0.339 e. The predicted molar refractivity (Wildman–Crippen MR) is 83.9 cm³/mol. The molecule has 0 amide bonds. The van der Waals surface area contributed by atoms with Gasteiger partial charge in [-0.25, -0.2) is 9.59 Å². The maximum absolute atomic E-state index is 11.8. The highest BCUT2D eigenvalue weighted by molar-refractivity contribution is 5.94. The minimum atomic E-state index is -0.535. The molecule has 0 saturated heterocycles. The molecule has 22 heavy (non-hydrogen) atoms. The van der Waals surface area contributed by atoms with Crippen molar-refractivity contribution in [2.75, 3.05) is 14.2 Å².